The van der Waals surface area contributed by atoms with E-state index in [9.17, 15) is 8.78 Å². The smallest absolute Gasteiger partial charge is 0.150 e. The number of halogens is 2. The Morgan fingerprint density at radius 3 is 2.09 bits per heavy atom. The van der Waals surface area contributed by atoms with Crippen LogP contribution >= 0.6 is 0 Å². The number of nitrogens with zero attached hydrogens (tertiary/aromatic N) is 1. The van der Waals surface area contributed by atoms with Gasteiger partial charge in [0.1, 0.15) is 11.6 Å². The van der Waals surface area contributed by atoms with Crippen LogP contribution in [0.1, 0.15) is 18.6 Å². The molecule has 0 aliphatic carbocycles. The second-order valence-electron chi connectivity index (χ2n) is 2.19. The Labute approximate surface area is 62.5 Å². The maximum absolute atomic E-state index is 12.6. The first-order valence-corrected chi connectivity index (χ1v) is 3.10. The van der Waals surface area contributed by atoms with Crippen LogP contribution in [0.3, 0.4) is 0 Å². The highest BCUT2D eigenvalue weighted by Gasteiger charge is 2.13. The van der Waals surface area contributed by atoms with Crippen LogP contribution in [-0.4, -0.2) is 10.1 Å². The summed E-state index contributed by atoms with van der Waals surface area (Å²) >= 11 is 0. The molecule has 0 saturated heterocycles. The topological polar surface area (TPSA) is 33.1 Å². The molecule has 0 spiro atoms. The summed E-state index contributed by atoms with van der Waals surface area (Å²) < 4.78 is 25.3. The zero-order valence-electron chi connectivity index (χ0n) is 5.88. The van der Waals surface area contributed by atoms with Gasteiger partial charge in [0.15, 0.2) is 0 Å². The molecule has 1 atom stereocenters. The van der Waals surface area contributed by atoms with Crippen molar-refractivity contribution >= 4 is 0 Å². The van der Waals surface area contributed by atoms with Gasteiger partial charge in [-0.2, -0.15) is 0 Å². The molecule has 2 nitrogen and oxygen atoms in total. The van der Waals surface area contributed by atoms with Crippen LogP contribution in [0.5, 0.6) is 0 Å². The van der Waals surface area contributed by atoms with E-state index in [0.29, 0.717) is 0 Å². The van der Waals surface area contributed by atoms with Gasteiger partial charge in [-0.25, -0.2) is 8.78 Å². The van der Waals surface area contributed by atoms with E-state index in [1.54, 1.807) is 0 Å². The molecule has 1 aromatic rings. The van der Waals surface area contributed by atoms with Crippen molar-refractivity contribution in [2.45, 2.75) is 13.0 Å². The quantitative estimate of drug-likeness (QED) is 0.672. The van der Waals surface area contributed by atoms with E-state index in [-0.39, 0.29) is 5.56 Å². The van der Waals surface area contributed by atoms with Crippen molar-refractivity contribution in [2.24, 2.45) is 0 Å². The molecule has 0 fully saturated rings. The fourth-order valence-electron chi connectivity index (χ4n) is 0.820. The summed E-state index contributed by atoms with van der Waals surface area (Å²) in [6.45, 7) is 1.29. The van der Waals surface area contributed by atoms with Crippen LogP contribution in [0.2, 0.25) is 0 Å². The minimum Gasteiger partial charge on any atom is -0.388 e. The molecule has 0 radical (unpaired) electrons. The number of aliphatic hydroxyl groups is 1. The van der Waals surface area contributed by atoms with Gasteiger partial charge in [-0.1, -0.05) is 0 Å². The van der Waals surface area contributed by atoms with Crippen LogP contribution in [0.4, 0.5) is 8.78 Å². The number of rotatable bonds is 1. The second kappa shape index (κ2) is 2.92. The Hall–Kier alpha value is -1.03. The lowest BCUT2D eigenvalue weighted by Crippen LogP contribution is -2.00. The first-order valence-electron chi connectivity index (χ1n) is 3.10. The highest BCUT2D eigenvalue weighted by Crippen LogP contribution is 2.18. The fourth-order valence-corrected chi connectivity index (χ4v) is 0.820. The first kappa shape index (κ1) is 8.07. The summed E-state index contributed by atoms with van der Waals surface area (Å²) in [4.78, 5) is 3.27. The molecule has 0 aromatic carbocycles. The summed E-state index contributed by atoms with van der Waals surface area (Å²) in [5.74, 6) is -1.64. The third-order valence-electron chi connectivity index (χ3n) is 1.31. The van der Waals surface area contributed by atoms with Crippen molar-refractivity contribution in [3.63, 3.8) is 0 Å². The summed E-state index contributed by atoms with van der Waals surface area (Å²) in [7, 11) is 0. The minimum atomic E-state index is -1.14. The summed E-state index contributed by atoms with van der Waals surface area (Å²) in [6, 6.07) is 0. The molecule has 0 unspecified atom stereocenters. The molecule has 1 aromatic heterocycles. The second-order valence-corrected chi connectivity index (χ2v) is 2.19. The Bertz CT molecular complexity index is 242. The lowest BCUT2D eigenvalue weighted by Gasteiger charge is -2.05. The van der Waals surface area contributed by atoms with Gasteiger partial charge in [-0.15, -0.1) is 0 Å². The zero-order valence-corrected chi connectivity index (χ0v) is 5.88. The maximum atomic E-state index is 12.6. The highest BCUT2D eigenvalue weighted by molar-refractivity contribution is 5.16. The number of aromatic nitrogens is 1. The van der Waals surface area contributed by atoms with Crippen LogP contribution < -0.4 is 0 Å². The van der Waals surface area contributed by atoms with E-state index < -0.39 is 17.7 Å². The third kappa shape index (κ3) is 1.51. The first-order chi connectivity index (χ1) is 5.13. The maximum Gasteiger partial charge on any atom is 0.150 e. The molecule has 11 heavy (non-hydrogen) atoms. The van der Waals surface area contributed by atoms with Gasteiger partial charge in [0.2, 0.25) is 0 Å². The monoisotopic (exact) mass is 159 g/mol. The molecule has 1 rings (SSSR count). The van der Waals surface area contributed by atoms with Crippen LogP contribution in [0.25, 0.3) is 0 Å². The predicted molar refractivity (Wildman–Crippen MR) is 34.8 cm³/mol. The molecule has 0 aliphatic rings. The molecule has 1 heterocycles. The summed E-state index contributed by atoms with van der Waals surface area (Å²) in [5.41, 5.74) is -0.333. The average Bonchev–Trinajstić information content (AvgIpc) is 1.85. The van der Waals surface area contributed by atoms with Crippen molar-refractivity contribution in [1.29, 1.82) is 0 Å². The Morgan fingerprint density at radius 2 is 1.82 bits per heavy atom. The largest absolute Gasteiger partial charge is 0.388 e. The van der Waals surface area contributed by atoms with Gasteiger partial charge < -0.3 is 5.11 Å². The molecule has 0 aliphatic heterocycles. The molecule has 0 saturated carbocycles. The molecular weight excluding hydrogens is 152 g/mol. The highest BCUT2D eigenvalue weighted by atomic mass is 19.1. The van der Waals surface area contributed by atoms with Gasteiger partial charge in [-0.3, -0.25) is 4.98 Å². The zero-order chi connectivity index (χ0) is 8.43. The lowest BCUT2D eigenvalue weighted by atomic mass is 10.1. The molecule has 4 heteroatoms. The molecule has 0 amide bonds. The Kier molecular flexibility index (Phi) is 2.14. The fraction of sp³-hybridized carbons (Fsp3) is 0.286. The van der Waals surface area contributed by atoms with E-state index in [0.717, 1.165) is 12.4 Å². The number of pyridine rings is 1. The normalized spacial score (nSPS) is 13.1. The van der Waals surface area contributed by atoms with E-state index in [1.165, 1.54) is 6.92 Å². The SMILES string of the molecule is C[C@H](O)c1c(F)cncc1F. The standard InChI is InChI=1S/C7H7F2NO/c1-4(11)7-5(8)2-10-3-6(7)9/h2-4,11H,1H3/t4-/m0/s1. The summed E-state index contributed by atoms with van der Waals surface area (Å²) in [6.07, 6.45) is 0.592. The van der Waals surface area contributed by atoms with E-state index in [2.05, 4.69) is 4.98 Å². The van der Waals surface area contributed by atoms with Crippen LogP contribution in [0.15, 0.2) is 12.4 Å². The minimum absolute atomic E-state index is 0.333. The van der Waals surface area contributed by atoms with Crippen LogP contribution in [0, 0.1) is 11.6 Å². The third-order valence-corrected chi connectivity index (χ3v) is 1.31. The van der Waals surface area contributed by atoms with Crippen molar-refractivity contribution in [3.05, 3.63) is 29.6 Å². The van der Waals surface area contributed by atoms with Crippen molar-refractivity contribution in [2.75, 3.05) is 0 Å². The summed E-state index contributed by atoms with van der Waals surface area (Å²) in [5, 5.41) is 8.88. The van der Waals surface area contributed by atoms with Crippen LogP contribution in [-0.2, 0) is 0 Å². The van der Waals surface area contributed by atoms with E-state index in [4.69, 9.17) is 5.11 Å². The number of aliphatic hydroxyl groups excluding tert-OH is 1. The van der Waals surface area contributed by atoms with Gasteiger partial charge in [0.05, 0.1) is 24.1 Å². The molecule has 60 valence electrons. The predicted octanol–water partition coefficient (Wildman–Crippen LogP) is 1.41. The van der Waals surface area contributed by atoms with Gasteiger partial charge in [0, 0.05) is 0 Å². The molecular formula is C7H7F2NO. The van der Waals surface area contributed by atoms with Gasteiger partial charge in [-0.05, 0) is 6.92 Å². The lowest BCUT2D eigenvalue weighted by molar-refractivity contribution is 0.188. The molecule has 1 N–H and O–H groups in total. The van der Waals surface area contributed by atoms with Gasteiger partial charge in [0.25, 0.3) is 0 Å². The van der Waals surface area contributed by atoms with E-state index >= 15 is 0 Å². The van der Waals surface area contributed by atoms with Crippen molar-refractivity contribution in [3.8, 4) is 0 Å². The molecule has 0 bridgehead atoms. The van der Waals surface area contributed by atoms with Crippen molar-refractivity contribution in [1.82, 2.24) is 4.98 Å². The number of hydrogen-bond acceptors (Lipinski definition) is 2. The Morgan fingerprint density at radius 1 is 1.36 bits per heavy atom. The average molecular weight is 159 g/mol. The number of hydrogen-bond donors (Lipinski definition) is 1. The van der Waals surface area contributed by atoms with Gasteiger partial charge >= 0.3 is 0 Å². The Balaban J connectivity index is 3.21. The van der Waals surface area contributed by atoms with Crippen molar-refractivity contribution < 1.29 is 13.9 Å². The van der Waals surface area contributed by atoms with E-state index in [1.807, 2.05) is 0 Å².